The molecule has 0 aliphatic carbocycles. The number of H-pyrrole nitrogens is 2. The highest BCUT2D eigenvalue weighted by Crippen LogP contribution is 2.49. The third-order valence-electron chi connectivity index (χ3n) is 9.51. The van der Waals surface area contributed by atoms with Gasteiger partial charge in [0.1, 0.15) is 0 Å². The summed E-state index contributed by atoms with van der Waals surface area (Å²) in [6.45, 7) is 4.29. The Bertz CT molecular complexity index is 1850. The van der Waals surface area contributed by atoms with Gasteiger partial charge in [-0.2, -0.15) is 10.2 Å². The fourth-order valence-electron chi connectivity index (χ4n) is 7.18. The Morgan fingerprint density at radius 3 is 1.81 bits per heavy atom. The third kappa shape index (κ3) is 3.83. The molecule has 2 aromatic heterocycles. The average molecular weight is 554 g/mol. The molecule has 208 valence electrons. The van der Waals surface area contributed by atoms with E-state index in [-0.39, 0.29) is 0 Å². The lowest BCUT2D eigenvalue weighted by molar-refractivity contribution is 0.153. The molecule has 2 saturated heterocycles. The minimum atomic E-state index is 0.667. The quantitative estimate of drug-likeness (QED) is 0.257. The van der Waals surface area contributed by atoms with Gasteiger partial charge in [0.05, 0.1) is 34.8 Å². The Morgan fingerprint density at radius 1 is 0.690 bits per heavy atom. The molecule has 8 nitrogen and oxygen atoms in total. The van der Waals surface area contributed by atoms with Crippen molar-refractivity contribution >= 4 is 33.2 Å². The molecule has 2 fully saturated rings. The van der Waals surface area contributed by atoms with Crippen LogP contribution in [0.1, 0.15) is 6.42 Å². The lowest BCUT2D eigenvalue weighted by Gasteiger charge is -2.37. The number of likely N-dealkylation sites (tertiary alicyclic amines) is 2. The molecular weight excluding hydrogens is 522 g/mol. The molecule has 2 atom stereocenters. The first kappa shape index (κ1) is 24.0. The number of fused-ring (bicyclic) bond motifs is 6. The van der Waals surface area contributed by atoms with E-state index in [1.165, 1.54) is 13.0 Å². The average Bonchev–Trinajstić information content (AvgIpc) is 3.82. The van der Waals surface area contributed by atoms with Crippen LogP contribution >= 0.6 is 0 Å². The van der Waals surface area contributed by atoms with Gasteiger partial charge in [0.15, 0.2) is 11.5 Å². The predicted octanol–water partition coefficient (Wildman–Crippen LogP) is 6.41. The van der Waals surface area contributed by atoms with Crippen molar-refractivity contribution in [1.29, 1.82) is 0 Å². The molecule has 0 spiro atoms. The van der Waals surface area contributed by atoms with E-state index in [1.807, 2.05) is 12.4 Å². The SMILES string of the molecule is CN1C[C@H]2C[C@@H]1CN2CCN1c2ccc(-c3ccc4[nH]ncc4c3)cc2Oc2cc(-c3ccc4[nH]ncc4c3)ccc21. The Kier molecular flexibility index (Phi) is 5.24. The second-order valence-corrected chi connectivity index (χ2v) is 11.9. The maximum absolute atomic E-state index is 6.71. The van der Waals surface area contributed by atoms with E-state index >= 15 is 0 Å². The number of anilines is 2. The van der Waals surface area contributed by atoms with Crippen molar-refractivity contribution in [3.05, 3.63) is 85.2 Å². The Balaban J connectivity index is 1.09. The van der Waals surface area contributed by atoms with E-state index in [1.54, 1.807) is 0 Å². The third-order valence-corrected chi connectivity index (χ3v) is 9.51. The Labute approximate surface area is 243 Å². The van der Waals surface area contributed by atoms with Gasteiger partial charge in [0.25, 0.3) is 0 Å². The molecule has 5 heterocycles. The van der Waals surface area contributed by atoms with Crippen molar-refractivity contribution in [2.75, 3.05) is 38.1 Å². The summed E-state index contributed by atoms with van der Waals surface area (Å²) in [5.74, 6) is 1.77. The van der Waals surface area contributed by atoms with E-state index in [0.29, 0.717) is 12.1 Å². The molecule has 0 amide bonds. The molecule has 6 aromatic rings. The van der Waals surface area contributed by atoms with Crippen LogP contribution in [-0.2, 0) is 0 Å². The van der Waals surface area contributed by atoms with Gasteiger partial charge in [-0.25, -0.2) is 0 Å². The summed E-state index contributed by atoms with van der Waals surface area (Å²) in [4.78, 5) is 7.66. The molecule has 4 aromatic carbocycles. The van der Waals surface area contributed by atoms with Gasteiger partial charge >= 0.3 is 0 Å². The number of piperazine rings is 1. The van der Waals surface area contributed by atoms with Gasteiger partial charge in [-0.3, -0.25) is 15.1 Å². The summed E-state index contributed by atoms with van der Waals surface area (Å²) in [5.41, 5.74) is 8.85. The highest BCUT2D eigenvalue weighted by molar-refractivity contribution is 5.88. The molecule has 2 bridgehead atoms. The summed E-state index contributed by atoms with van der Waals surface area (Å²) in [7, 11) is 2.26. The van der Waals surface area contributed by atoms with Crippen LogP contribution < -0.4 is 9.64 Å². The molecule has 3 aliphatic heterocycles. The normalized spacial score (nSPS) is 19.9. The van der Waals surface area contributed by atoms with Gasteiger partial charge in [0, 0.05) is 49.0 Å². The first-order valence-corrected chi connectivity index (χ1v) is 14.7. The predicted molar refractivity (Wildman–Crippen MR) is 167 cm³/mol. The summed E-state index contributed by atoms with van der Waals surface area (Å²) in [6, 6.07) is 27.4. The molecule has 0 unspecified atom stereocenters. The van der Waals surface area contributed by atoms with Crippen molar-refractivity contribution in [2.45, 2.75) is 18.5 Å². The van der Waals surface area contributed by atoms with Crippen molar-refractivity contribution in [3.8, 4) is 33.8 Å². The number of aromatic amines is 2. The fraction of sp³-hybridized carbons (Fsp3) is 0.235. The van der Waals surface area contributed by atoms with Crippen LogP contribution in [0.3, 0.4) is 0 Å². The summed E-state index contributed by atoms with van der Waals surface area (Å²) in [5, 5.41) is 16.7. The molecule has 9 rings (SSSR count). The second kappa shape index (κ2) is 9.17. The fourth-order valence-corrected chi connectivity index (χ4v) is 7.18. The summed E-state index contributed by atoms with van der Waals surface area (Å²) < 4.78 is 6.71. The number of benzene rings is 4. The molecule has 0 radical (unpaired) electrons. The first-order chi connectivity index (χ1) is 20.7. The number of likely N-dealkylation sites (N-methyl/N-ethyl adjacent to an activating group) is 1. The van der Waals surface area contributed by atoms with Gasteiger partial charge < -0.3 is 14.5 Å². The molecule has 8 heteroatoms. The number of ether oxygens (including phenoxy) is 1. The van der Waals surface area contributed by atoms with E-state index in [2.05, 4.69) is 115 Å². The number of aromatic nitrogens is 4. The van der Waals surface area contributed by atoms with Crippen molar-refractivity contribution in [1.82, 2.24) is 30.2 Å². The zero-order chi connectivity index (χ0) is 27.8. The Hall–Kier alpha value is -4.66. The van der Waals surface area contributed by atoms with Crippen molar-refractivity contribution in [2.24, 2.45) is 0 Å². The number of nitrogens with zero attached hydrogens (tertiary/aromatic N) is 5. The molecular formula is C34H31N7O. The van der Waals surface area contributed by atoms with Crippen LogP contribution in [0.25, 0.3) is 44.1 Å². The molecule has 3 aliphatic rings. The van der Waals surface area contributed by atoms with Crippen LogP contribution in [0, 0.1) is 0 Å². The van der Waals surface area contributed by atoms with Crippen LogP contribution in [-0.4, -0.2) is 75.5 Å². The molecule has 42 heavy (non-hydrogen) atoms. The smallest absolute Gasteiger partial charge is 0.151 e. The minimum absolute atomic E-state index is 0.667. The topological polar surface area (TPSA) is 76.3 Å². The monoisotopic (exact) mass is 553 g/mol. The lowest BCUT2D eigenvalue weighted by Crippen LogP contribution is -2.46. The van der Waals surface area contributed by atoms with E-state index in [9.17, 15) is 0 Å². The van der Waals surface area contributed by atoms with E-state index < -0.39 is 0 Å². The van der Waals surface area contributed by atoms with E-state index in [0.717, 1.165) is 86.6 Å². The standard InChI is InChI=1S/C34H31N7O/c1-39-19-28-16-27(39)20-40(28)10-11-41-31-8-4-23(21-2-6-29-25(12-21)17-35-37-29)14-33(31)42-34-15-24(5-9-32(34)41)22-3-7-30-26(13-22)18-36-38-30/h2-9,12-15,17-18,27-28H,10-11,16,19-20H2,1H3,(H,35,37)(H,36,38)/t27-,28-/m1/s1. The van der Waals surface area contributed by atoms with Crippen LogP contribution in [0.4, 0.5) is 11.4 Å². The van der Waals surface area contributed by atoms with Gasteiger partial charge in [0.2, 0.25) is 0 Å². The van der Waals surface area contributed by atoms with Gasteiger partial charge in [-0.1, -0.05) is 24.3 Å². The molecule has 2 N–H and O–H groups in total. The maximum Gasteiger partial charge on any atom is 0.151 e. The van der Waals surface area contributed by atoms with Crippen molar-refractivity contribution < 1.29 is 4.74 Å². The first-order valence-electron chi connectivity index (χ1n) is 14.7. The largest absolute Gasteiger partial charge is 0.453 e. The maximum atomic E-state index is 6.71. The number of hydrogen-bond acceptors (Lipinski definition) is 6. The number of rotatable bonds is 5. The van der Waals surface area contributed by atoms with Crippen LogP contribution in [0.15, 0.2) is 85.2 Å². The minimum Gasteiger partial charge on any atom is -0.453 e. The second-order valence-electron chi connectivity index (χ2n) is 11.9. The van der Waals surface area contributed by atoms with Crippen LogP contribution in [0.2, 0.25) is 0 Å². The van der Waals surface area contributed by atoms with Crippen LogP contribution in [0.5, 0.6) is 11.5 Å². The summed E-state index contributed by atoms with van der Waals surface area (Å²) >= 11 is 0. The zero-order valence-corrected chi connectivity index (χ0v) is 23.4. The lowest BCUT2D eigenvalue weighted by atomic mass is 10.0. The number of hydrogen-bond donors (Lipinski definition) is 2. The highest BCUT2D eigenvalue weighted by Gasteiger charge is 2.41. The highest BCUT2D eigenvalue weighted by atomic mass is 16.5. The molecule has 0 saturated carbocycles. The zero-order valence-electron chi connectivity index (χ0n) is 23.4. The van der Waals surface area contributed by atoms with E-state index in [4.69, 9.17) is 4.74 Å². The van der Waals surface area contributed by atoms with Gasteiger partial charge in [-0.15, -0.1) is 0 Å². The number of nitrogens with one attached hydrogen (secondary N) is 2. The van der Waals surface area contributed by atoms with Gasteiger partial charge in [-0.05, 0) is 84.3 Å². The summed E-state index contributed by atoms with van der Waals surface area (Å²) in [6.07, 6.45) is 5.04. The van der Waals surface area contributed by atoms with Crippen molar-refractivity contribution in [3.63, 3.8) is 0 Å². The Morgan fingerprint density at radius 2 is 1.26 bits per heavy atom.